The molecule has 0 radical (unpaired) electrons. The van der Waals surface area contributed by atoms with Crippen LogP contribution in [0.1, 0.15) is 25.8 Å². The van der Waals surface area contributed by atoms with Crippen LogP contribution < -0.4 is 11.1 Å². The van der Waals surface area contributed by atoms with Crippen LogP contribution in [0.5, 0.6) is 5.75 Å². The van der Waals surface area contributed by atoms with E-state index in [1.807, 2.05) is 13.8 Å². The molecule has 0 aliphatic carbocycles. The zero-order valence-electron chi connectivity index (χ0n) is 12.2. The number of phenolic OH excluding ortho intramolecular Hbond substituents is 1. The summed E-state index contributed by atoms with van der Waals surface area (Å²) in [5.74, 6) is -1.50. The van der Waals surface area contributed by atoms with Gasteiger partial charge in [0.25, 0.3) is 0 Å². The molecule has 0 saturated carbocycles. The van der Waals surface area contributed by atoms with Crippen LogP contribution in [0.3, 0.4) is 0 Å². The van der Waals surface area contributed by atoms with Crippen molar-refractivity contribution < 1.29 is 19.8 Å². The fourth-order valence-corrected chi connectivity index (χ4v) is 1.85. The minimum atomic E-state index is -1.12. The van der Waals surface area contributed by atoms with Crippen molar-refractivity contribution >= 4 is 11.9 Å². The van der Waals surface area contributed by atoms with E-state index in [4.69, 9.17) is 5.73 Å². The Labute approximate surface area is 124 Å². The van der Waals surface area contributed by atoms with Crippen LogP contribution >= 0.6 is 0 Å². The summed E-state index contributed by atoms with van der Waals surface area (Å²) in [7, 11) is 0. The number of nitrogens with one attached hydrogen (secondary N) is 1. The monoisotopic (exact) mass is 294 g/mol. The highest BCUT2D eigenvalue weighted by Gasteiger charge is 2.25. The molecule has 0 unspecified atom stereocenters. The van der Waals surface area contributed by atoms with Crippen molar-refractivity contribution in [2.75, 3.05) is 0 Å². The topological polar surface area (TPSA) is 113 Å². The first-order chi connectivity index (χ1) is 9.85. The maximum absolute atomic E-state index is 12.0. The normalized spacial score (nSPS) is 15.0. The molecule has 0 aromatic heterocycles. The molecule has 6 heteroatoms. The van der Waals surface area contributed by atoms with Crippen LogP contribution in [0, 0.1) is 5.92 Å². The fourth-order valence-electron chi connectivity index (χ4n) is 1.85. The van der Waals surface area contributed by atoms with Gasteiger partial charge in [0.15, 0.2) is 0 Å². The minimum Gasteiger partial charge on any atom is -0.508 e. The molecule has 0 fully saturated rings. The van der Waals surface area contributed by atoms with E-state index in [0.717, 1.165) is 6.42 Å². The zero-order valence-corrected chi connectivity index (χ0v) is 12.2. The number of hydrogen-bond donors (Lipinski definition) is 4. The Morgan fingerprint density at radius 3 is 2.33 bits per heavy atom. The van der Waals surface area contributed by atoms with Crippen LogP contribution in [0.15, 0.2) is 24.3 Å². The first kappa shape index (κ1) is 17.0. The maximum Gasteiger partial charge on any atom is 0.326 e. The summed E-state index contributed by atoms with van der Waals surface area (Å²) < 4.78 is 0. The molecule has 1 rings (SSSR count). The van der Waals surface area contributed by atoms with Crippen molar-refractivity contribution in [2.45, 2.75) is 38.8 Å². The van der Waals surface area contributed by atoms with E-state index in [1.165, 1.54) is 12.1 Å². The third-order valence-electron chi connectivity index (χ3n) is 3.55. The summed E-state index contributed by atoms with van der Waals surface area (Å²) in [4.78, 5) is 23.2. The van der Waals surface area contributed by atoms with Gasteiger partial charge in [-0.1, -0.05) is 32.4 Å². The molecule has 1 aromatic carbocycles. The van der Waals surface area contributed by atoms with E-state index in [9.17, 15) is 19.8 Å². The molecule has 21 heavy (non-hydrogen) atoms. The van der Waals surface area contributed by atoms with Crippen LogP contribution in [0.4, 0.5) is 0 Å². The number of amides is 1. The largest absolute Gasteiger partial charge is 0.508 e. The number of nitrogens with two attached hydrogens (primary N) is 1. The quantitative estimate of drug-likeness (QED) is 0.596. The molecule has 5 N–H and O–H groups in total. The standard InChI is InChI=1S/C15H22N2O4/c1-3-9(2)13(16)14(19)17-12(15(20)21)8-10-4-6-11(18)7-5-10/h4-7,9,12-13,18H,3,8,16H2,1-2H3,(H,17,19)(H,20,21)/t9-,12+,13+/m0/s1. The molecule has 6 nitrogen and oxygen atoms in total. The van der Waals surface area contributed by atoms with E-state index in [2.05, 4.69) is 5.32 Å². The van der Waals surface area contributed by atoms with Gasteiger partial charge in [0.2, 0.25) is 5.91 Å². The van der Waals surface area contributed by atoms with Gasteiger partial charge in [-0.3, -0.25) is 4.79 Å². The molecular formula is C15H22N2O4. The number of aliphatic carboxylic acids is 1. The van der Waals surface area contributed by atoms with Gasteiger partial charge in [-0.2, -0.15) is 0 Å². The van der Waals surface area contributed by atoms with Gasteiger partial charge in [-0.25, -0.2) is 4.79 Å². The number of carboxylic acids is 1. The van der Waals surface area contributed by atoms with Crippen LogP contribution in [-0.4, -0.2) is 34.2 Å². The predicted octanol–water partition coefficient (Wildman–Crippen LogP) is 0.877. The number of carbonyl (C=O) groups excluding carboxylic acids is 1. The molecule has 0 aliphatic heterocycles. The van der Waals surface area contributed by atoms with Gasteiger partial charge in [0.1, 0.15) is 11.8 Å². The summed E-state index contributed by atoms with van der Waals surface area (Å²) in [6, 6.07) is 4.41. The highest BCUT2D eigenvalue weighted by Crippen LogP contribution is 2.12. The third-order valence-corrected chi connectivity index (χ3v) is 3.55. The molecule has 1 aromatic rings. The van der Waals surface area contributed by atoms with Crippen molar-refractivity contribution in [1.29, 1.82) is 0 Å². The number of aromatic hydroxyl groups is 1. The summed E-state index contributed by atoms with van der Waals surface area (Å²) in [5, 5.41) is 20.9. The first-order valence-electron chi connectivity index (χ1n) is 6.91. The van der Waals surface area contributed by atoms with Crippen molar-refractivity contribution in [3.05, 3.63) is 29.8 Å². The summed E-state index contributed by atoms with van der Waals surface area (Å²) >= 11 is 0. The molecule has 0 spiro atoms. The van der Waals surface area contributed by atoms with E-state index >= 15 is 0 Å². The van der Waals surface area contributed by atoms with Gasteiger partial charge in [0, 0.05) is 6.42 Å². The molecule has 0 heterocycles. The maximum atomic E-state index is 12.0. The Kier molecular flexibility index (Phi) is 6.17. The number of carbonyl (C=O) groups is 2. The Morgan fingerprint density at radius 1 is 1.29 bits per heavy atom. The van der Waals surface area contributed by atoms with E-state index in [1.54, 1.807) is 12.1 Å². The summed E-state index contributed by atoms with van der Waals surface area (Å²) in [5.41, 5.74) is 6.50. The zero-order chi connectivity index (χ0) is 16.0. The second kappa shape index (κ2) is 7.64. The van der Waals surface area contributed by atoms with E-state index < -0.39 is 24.0 Å². The number of benzene rings is 1. The average molecular weight is 294 g/mol. The summed E-state index contributed by atoms with van der Waals surface area (Å²) in [6.45, 7) is 3.77. The van der Waals surface area contributed by atoms with Crippen LogP contribution in [-0.2, 0) is 16.0 Å². The van der Waals surface area contributed by atoms with Crippen molar-refractivity contribution in [3.8, 4) is 5.75 Å². The molecule has 0 aliphatic rings. The second-order valence-corrected chi connectivity index (χ2v) is 5.18. The summed E-state index contributed by atoms with van der Waals surface area (Å²) in [6.07, 6.45) is 0.874. The van der Waals surface area contributed by atoms with E-state index in [-0.39, 0.29) is 18.1 Å². The lowest BCUT2D eigenvalue weighted by molar-refractivity contribution is -0.142. The van der Waals surface area contributed by atoms with Crippen molar-refractivity contribution in [3.63, 3.8) is 0 Å². The first-order valence-corrected chi connectivity index (χ1v) is 6.91. The number of carboxylic acid groups (broad SMARTS) is 1. The smallest absolute Gasteiger partial charge is 0.326 e. The molecule has 0 saturated heterocycles. The number of rotatable bonds is 7. The van der Waals surface area contributed by atoms with Crippen molar-refractivity contribution in [2.24, 2.45) is 11.7 Å². The molecule has 3 atom stereocenters. The Bertz CT molecular complexity index is 487. The number of phenols is 1. The lowest BCUT2D eigenvalue weighted by Crippen LogP contribution is -2.51. The SMILES string of the molecule is CC[C@H](C)[C@@H](N)C(=O)N[C@H](Cc1ccc(O)cc1)C(=O)O. The minimum absolute atomic E-state index is 0.0203. The van der Waals surface area contributed by atoms with Gasteiger partial charge in [-0.05, 0) is 23.6 Å². The fraction of sp³-hybridized carbons (Fsp3) is 0.467. The van der Waals surface area contributed by atoms with Gasteiger partial charge < -0.3 is 21.3 Å². The third kappa shape index (κ3) is 5.07. The van der Waals surface area contributed by atoms with Crippen LogP contribution in [0.2, 0.25) is 0 Å². The molecule has 116 valence electrons. The molecule has 0 bridgehead atoms. The highest BCUT2D eigenvalue weighted by molar-refractivity contribution is 5.87. The molecular weight excluding hydrogens is 272 g/mol. The lowest BCUT2D eigenvalue weighted by atomic mass is 9.98. The highest BCUT2D eigenvalue weighted by atomic mass is 16.4. The average Bonchev–Trinajstić information content (AvgIpc) is 2.46. The van der Waals surface area contributed by atoms with Crippen LogP contribution in [0.25, 0.3) is 0 Å². The Balaban J connectivity index is 2.72. The predicted molar refractivity (Wildman–Crippen MR) is 78.8 cm³/mol. The van der Waals surface area contributed by atoms with Gasteiger partial charge >= 0.3 is 5.97 Å². The molecule has 1 amide bonds. The Hall–Kier alpha value is -2.08. The number of hydrogen-bond acceptors (Lipinski definition) is 4. The van der Waals surface area contributed by atoms with Gasteiger partial charge in [0.05, 0.1) is 6.04 Å². The lowest BCUT2D eigenvalue weighted by Gasteiger charge is -2.21. The second-order valence-electron chi connectivity index (χ2n) is 5.18. The van der Waals surface area contributed by atoms with Gasteiger partial charge in [-0.15, -0.1) is 0 Å². The van der Waals surface area contributed by atoms with Crippen molar-refractivity contribution in [1.82, 2.24) is 5.32 Å². The Morgan fingerprint density at radius 2 is 1.86 bits per heavy atom. The van der Waals surface area contributed by atoms with E-state index in [0.29, 0.717) is 5.56 Å².